The lowest BCUT2D eigenvalue weighted by atomic mass is 9.79. The number of ether oxygens (including phenoxy) is 3. The summed E-state index contributed by atoms with van der Waals surface area (Å²) in [6.07, 6.45) is 17.4. The van der Waals surface area contributed by atoms with Crippen molar-refractivity contribution in [2.24, 2.45) is 11.8 Å². The standard InChI is InChI=1S/C31H42O4/c1-3-5-7-9-25-11-13-26(14-12-25)10-8-24-34-29-19-21-30(22-20-29)35-31(32)27-15-17-28(18-16-27)33-23-6-4-2/h8,10,15-22,25-26H,3-7,9,11-14,23-24H2,1-2H3. The van der Waals surface area contributed by atoms with Gasteiger partial charge in [-0.15, -0.1) is 0 Å². The lowest BCUT2D eigenvalue weighted by Crippen LogP contribution is -2.13. The molecule has 0 aliphatic heterocycles. The summed E-state index contributed by atoms with van der Waals surface area (Å²) >= 11 is 0. The van der Waals surface area contributed by atoms with Gasteiger partial charge < -0.3 is 14.2 Å². The third-order valence-corrected chi connectivity index (χ3v) is 6.75. The summed E-state index contributed by atoms with van der Waals surface area (Å²) in [5, 5.41) is 0. The van der Waals surface area contributed by atoms with Gasteiger partial charge in [-0.2, -0.15) is 0 Å². The van der Waals surface area contributed by atoms with Crippen molar-refractivity contribution in [1.29, 1.82) is 0 Å². The van der Waals surface area contributed by atoms with E-state index < -0.39 is 0 Å². The number of esters is 1. The number of carbonyl (C=O) groups excluding carboxylic acids is 1. The molecule has 2 aromatic carbocycles. The van der Waals surface area contributed by atoms with Crippen LogP contribution in [-0.4, -0.2) is 19.2 Å². The van der Waals surface area contributed by atoms with E-state index in [4.69, 9.17) is 14.2 Å². The third kappa shape index (κ3) is 9.79. The van der Waals surface area contributed by atoms with Crippen molar-refractivity contribution in [3.8, 4) is 17.2 Å². The van der Waals surface area contributed by atoms with E-state index in [0.29, 0.717) is 30.4 Å². The number of rotatable bonds is 14. The average molecular weight is 479 g/mol. The Morgan fingerprint density at radius 3 is 2.11 bits per heavy atom. The molecular formula is C31H42O4. The second-order valence-corrected chi connectivity index (χ2v) is 9.60. The summed E-state index contributed by atoms with van der Waals surface area (Å²) in [6.45, 7) is 5.64. The van der Waals surface area contributed by atoms with Gasteiger partial charge in [0, 0.05) is 0 Å². The number of hydrogen-bond donors (Lipinski definition) is 0. The van der Waals surface area contributed by atoms with Crippen LogP contribution < -0.4 is 14.2 Å². The molecule has 1 saturated carbocycles. The van der Waals surface area contributed by atoms with E-state index in [-0.39, 0.29) is 5.97 Å². The molecule has 0 N–H and O–H groups in total. The first kappa shape index (κ1) is 26.8. The number of carbonyl (C=O) groups is 1. The molecule has 2 aromatic rings. The van der Waals surface area contributed by atoms with Crippen LogP contribution in [0.1, 0.15) is 88.4 Å². The predicted octanol–water partition coefficient (Wildman–Crippen LogP) is 8.41. The van der Waals surface area contributed by atoms with E-state index in [1.165, 1.54) is 51.4 Å². The van der Waals surface area contributed by atoms with Gasteiger partial charge >= 0.3 is 5.97 Å². The first-order chi connectivity index (χ1) is 17.2. The van der Waals surface area contributed by atoms with Crippen LogP contribution in [0.5, 0.6) is 17.2 Å². The first-order valence-electron chi connectivity index (χ1n) is 13.5. The predicted molar refractivity (Wildman–Crippen MR) is 142 cm³/mol. The fraction of sp³-hybridized carbons (Fsp3) is 0.516. The van der Waals surface area contributed by atoms with Gasteiger partial charge in [-0.1, -0.05) is 58.1 Å². The highest BCUT2D eigenvalue weighted by Gasteiger charge is 2.18. The summed E-state index contributed by atoms with van der Waals surface area (Å²) in [6, 6.07) is 14.3. The molecule has 35 heavy (non-hydrogen) atoms. The molecule has 4 heteroatoms. The van der Waals surface area contributed by atoms with Gasteiger partial charge in [0.1, 0.15) is 23.9 Å². The highest BCUT2D eigenvalue weighted by Crippen LogP contribution is 2.32. The minimum Gasteiger partial charge on any atom is -0.494 e. The molecule has 3 rings (SSSR count). The molecule has 1 aliphatic carbocycles. The van der Waals surface area contributed by atoms with Crippen LogP contribution in [-0.2, 0) is 0 Å². The Balaban J connectivity index is 1.35. The maximum atomic E-state index is 12.4. The number of hydrogen-bond acceptors (Lipinski definition) is 4. The molecule has 0 radical (unpaired) electrons. The largest absolute Gasteiger partial charge is 0.494 e. The van der Waals surface area contributed by atoms with Crippen molar-refractivity contribution in [2.75, 3.05) is 13.2 Å². The van der Waals surface area contributed by atoms with Crippen molar-refractivity contribution < 1.29 is 19.0 Å². The third-order valence-electron chi connectivity index (χ3n) is 6.75. The average Bonchev–Trinajstić information content (AvgIpc) is 2.89. The Morgan fingerprint density at radius 1 is 0.800 bits per heavy atom. The van der Waals surface area contributed by atoms with Crippen molar-refractivity contribution >= 4 is 5.97 Å². The molecule has 190 valence electrons. The van der Waals surface area contributed by atoms with Crippen LogP contribution >= 0.6 is 0 Å². The minimum atomic E-state index is -0.387. The number of benzene rings is 2. The number of unbranched alkanes of at least 4 members (excludes halogenated alkanes) is 3. The molecule has 0 saturated heterocycles. The lowest BCUT2D eigenvalue weighted by Gasteiger charge is -2.26. The van der Waals surface area contributed by atoms with Crippen molar-refractivity contribution in [1.82, 2.24) is 0 Å². The lowest BCUT2D eigenvalue weighted by molar-refractivity contribution is 0.0734. The SMILES string of the molecule is CCCCCC1CCC(C=CCOc2ccc(OC(=O)c3ccc(OCCCC)cc3)cc2)CC1. The molecule has 0 unspecified atom stereocenters. The zero-order chi connectivity index (χ0) is 24.7. The fourth-order valence-electron chi connectivity index (χ4n) is 4.54. The quantitative estimate of drug-likeness (QED) is 0.118. The normalized spacial score (nSPS) is 17.9. The summed E-state index contributed by atoms with van der Waals surface area (Å²) in [5.41, 5.74) is 0.494. The maximum Gasteiger partial charge on any atom is 0.343 e. The molecule has 4 nitrogen and oxygen atoms in total. The van der Waals surface area contributed by atoms with Crippen molar-refractivity contribution in [3.63, 3.8) is 0 Å². The van der Waals surface area contributed by atoms with E-state index in [9.17, 15) is 4.79 Å². The van der Waals surface area contributed by atoms with Crippen molar-refractivity contribution in [2.45, 2.75) is 78.1 Å². The summed E-state index contributed by atoms with van der Waals surface area (Å²) in [5.74, 6) is 3.28. The van der Waals surface area contributed by atoms with Crippen LogP contribution in [0.25, 0.3) is 0 Å². The summed E-state index contributed by atoms with van der Waals surface area (Å²) in [7, 11) is 0. The Labute approximate surface area is 211 Å². The number of allylic oxidation sites excluding steroid dienone is 1. The van der Waals surface area contributed by atoms with E-state index in [0.717, 1.165) is 30.3 Å². The van der Waals surface area contributed by atoms with Gasteiger partial charge in [-0.25, -0.2) is 4.79 Å². The van der Waals surface area contributed by atoms with Gasteiger partial charge in [-0.05, 0) is 92.5 Å². The smallest absolute Gasteiger partial charge is 0.343 e. The van der Waals surface area contributed by atoms with Gasteiger partial charge in [0.25, 0.3) is 0 Å². The van der Waals surface area contributed by atoms with Crippen LogP contribution in [0.4, 0.5) is 0 Å². The molecule has 0 amide bonds. The van der Waals surface area contributed by atoms with Crippen LogP contribution in [0.2, 0.25) is 0 Å². The monoisotopic (exact) mass is 478 g/mol. The van der Waals surface area contributed by atoms with E-state index >= 15 is 0 Å². The van der Waals surface area contributed by atoms with Crippen LogP contribution in [0.15, 0.2) is 60.7 Å². The molecule has 1 aliphatic rings. The van der Waals surface area contributed by atoms with E-state index in [2.05, 4.69) is 26.0 Å². The Morgan fingerprint density at radius 2 is 1.43 bits per heavy atom. The molecule has 0 aromatic heterocycles. The Bertz CT molecular complexity index is 877. The topological polar surface area (TPSA) is 44.8 Å². The molecule has 0 bridgehead atoms. The second-order valence-electron chi connectivity index (χ2n) is 9.60. The first-order valence-corrected chi connectivity index (χ1v) is 13.5. The summed E-state index contributed by atoms with van der Waals surface area (Å²) < 4.78 is 17.0. The van der Waals surface area contributed by atoms with Gasteiger partial charge in [0.2, 0.25) is 0 Å². The molecular weight excluding hydrogens is 436 g/mol. The highest BCUT2D eigenvalue weighted by molar-refractivity contribution is 5.91. The van der Waals surface area contributed by atoms with Gasteiger partial charge in [0.15, 0.2) is 0 Å². The van der Waals surface area contributed by atoms with E-state index in [1.54, 1.807) is 36.4 Å². The minimum absolute atomic E-state index is 0.387. The Hall–Kier alpha value is -2.75. The van der Waals surface area contributed by atoms with Crippen LogP contribution in [0.3, 0.4) is 0 Å². The zero-order valence-electron chi connectivity index (χ0n) is 21.5. The van der Waals surface area contributed by atoms with Crippen LogP contribution in [0, 0.1) is 11.8 Å². The molecule has 0 atom stereocenters. The van der Waals surface area contributed by atoms with E-state index in [1.807, 2.05) is 12.1 Å². The summed E-state index contributed by atoms with van der Waals surface area (Å²) in [4.78, 5) is 12.4. The molecule has 0 spiro atoms. The van der Waals surface area contributed by atoms with Gasteiger partial charge in [0.05, 0.1) is 12.2 Å². The Kier molecular flexibility index (Phi) is 11.7. The fourth-order valence-corrected chi connectivity index (χ4v) is 4.54. The maximum absolute atomic E-state index is 12.4. The van der Waals surface area contributed by atoms with Gasteiger partial charge in [-0.3, -0.25) is 0 Å². The zero-order valence-corrected chi connectivity index (χ0v) is 21.5. The van der Waals surface area contributed by atoms with Crippen molar-refractivity contribution in [3.05, 3.63) is 66.2 Å². The molecule has 0 heterocycles. The highest BCUT2D eigenvalue weighted by atomic mass is 16.5. The second kappa shape index (κ2) is 15.3. The molecule has 1 fully saturated rings.